The third kappa shape index (κ3) is 2.97. The van der Waals surface area contributed by atoms with Crippen LogP contribution in [0.1, 0.15) is 36.5 Å². The van der Waals surface area contributed by atoms with Crippen LogP contribution in [-0.4, -0.2) is 31.2 Å². The second-order valence-corrected chi connectivity index (χ2v) is 5.01. The number of pyridine rings is 1. The summed E-state index contributed by atoms with van der Waals surface area (Å²) in [5.74, 6) is 1.13. The highest BCUT2D eigenvalue weighted by Crippen LogP contribution is 2.27. The van der Waals surface area contributed by atoms with Gasteiger partial charge in [-0.3, -0.25) is 0 Å². The molecule has 1 atom stereocenters. The highest BCUT2D eigenvalue weighted by Gasteiger charge is 2.24. The quantitative estimate of drug-likeness (QED) is 0.842. The first-order valence-electron chi connectivity index (χ1n) is 6.74. The number of esters is 1. The molecule has 2 rings (SSSR count). The minimum Gasteiger partial charge on any atom is -0.465 e. The Balaban J connectivity index is 2.15. The molecule has 1 unspecified atom stereocenters. The van der Waals surface area contributed by atoms with Crippen LogP contribution in [0.15, 0.2) is 12.3 Å². The van der Waals surface area contributed by atoms with E-state index in [1.54, 1.807) is 6.07 Å². The van der Waals surface area contributed by atoms with Gasteiger partial charge in [-0.15, -0.1) is 0 Å². The van der Waals surface area contributed by atoms with E-state index in [0.717, 1.165) is 24.8 Å². The number of hydrogen-bond donors (Lipinski definition) is 1. The Labute approximate surface area is 113 Å². The monoisotopic (exact) mass is 263 g/mol. The van der Waals surface area contributed by atoms with Crippen LogP contribution in [0, 0.1) is 5.92 Å². The van der Waals surface area contributed by atoms with Crippen LogP contribution in [0.3, 0.4) is 0 Å². The molecule has 0 radical (unpaired) electrons. The smallest absolute Gasteiger partial charge is 0.340 e. The molecule has 1 aliphatic rings. The molecule has 0 aromatic carbocycles. The fourth-order valence-electron chi connectivity index (χ4n) is 2.60. The van der Waals surface area contributed by atoms with Gasteiger partial charge in [0.1, 0.15) is 5.82 Å². The number of rotatable bonds is 4. The van der Waals surface area contributed by atoms with Gasteiger partial charge in [0.05, 0.1) is 24.6 Å². The number of carbonyl (C=O) groups excluding carboxylic acids is 1. The van der Waals surface area contributed by atoms with E-state index in [1.165, 1.54) is 32.6 Å². The van der Waals surface area contributed by atoms with E-state index in [2.05, 4.69) is 16.8 Å². The summed E-state index contributed by atoms with van der Waals surface area (Å²) in [5.41, 5.74) is 6.51. The summed E-state index contributed by atoms with van der Waals surface area (Å²) in [6.07, 6.45) is 5.18. The van der Waals surface area contributed by atoms with Gasteiger partial charge >= 0.3 is 5.97 Å². The predicted octanol–water partition coefficient (Wildman–Crippen LogP) is 2.08. The van der Waals surface area contributed by atoms with Crippen molar-refractivity contribution in [3.8, 4) is 0 Å². The molecular weight excluding hydrogens is 242 g/mol. The average molecular weight is 263 g/mol. The molecule has 1 aliphatic heterocycles. The molecule has 1 aromatic rings. The van der Waals surface area contributed by atoms with Crippen molar-refractivity contribution in [3.05, 3.63) is 17.8 Å². The minimum atomic E-state index is -0.412. The molecule has 0 aliphatic carbocycles. The normalized spacial score (nSPS) is 18.6. The topological polar surface area (TPSA) is 68.5 Å². The highest BCUT2D eigenvalue weighted by atomic mass is 16.5. The number of ether oxygens (including phenoxy) is 1. The highest BCUT2D eigenvalue weighted by molar-refractivity contribution is 5.95. The molecular formula is C14H21N3O2. The maximum absolute atomic E-state index is 11.6. The van der Waals surface area contributed by atoms with Gasteiger partial charge in [-0.1, -0.05) is 13.3 Å². The van der Waals surface area contributed by atoms with Crippen molar-refractivity contribution in [3.63, 3.8) is 0 Å². The number of nitrogen functional groups attached to an aromatic ring is 1. The Bertz CT molecular complexity index is 462. The van der Waals surface area contributed by atoms with E-state index in [0.29, 0.717) is 11.3 Å². The fraction of sp³-hybridized carbons (Fsp3) is 0.571. The van der Waals surface area contributed by atoms with Crippen molar-refractivity contribution in [2.45, 2.75) is 26.2 Å². The maximum Gasteiger partial charge on any atom is 0.340 e. The van der Waals surface area contributed by atoms with Crippen molar-refractivity contribution in [1.29, 1.82) is 0 Å². The standard InChI is InChI=1S/C14H21N3O2/c1-3-4-10-5-6-17(9-10)13-7-11(14(18)19-2)12(15)8-16-13/h7-8,10H,3-6,9,15H2,1-2H3. The average Bonchev–Trinajstić information content (AvgIpc) is 2.87. The van der Waals surface area contributed by atoms with Gasteiger partial charge in [0.2, 0.25) is 0 Å². The summed E-state index contributed by atoms with van der Waals surface area (Å²) >= 11 is 0. The zero-order chi connectivity index (χ0) is 13.8. The van der Waals surface area contributed by atoms with E-state index in [1.807, 2.05) is 0 Å². The number of hydrogen-bond acceptors (Lipinski definition) is 5. The number of anilines is 2. The number of aromatic nitrogens is 1. The van der Waals surface area contributed by atoms with Gasteiger partial charge in [-0.25, -0.2) is 9.78 Å². The van der Waals surface area contributed by atoms with Gasteiger partial charge in [0, 0.05) is 13.1 Å². The van der Waals surface area contributed by atoms with E-state index < -0.39 is 5.97 Å². The molecule has 104 valence electrons. The van der Waals surface area contributed by atoms with Crippen molar-refractivity contribution >= 4 is 17.5 Å². The van der Waals surface area contributed by atoms with Crippen LogP contribution in [0.2, 0.25) is 0 Å². The first-order chi connectivity index (χ1) is 9.15. The molecule has 0 bridgehead atoms. The van der Waals surface area contributed by atoms with Gasteiger partial charge in [-0.05, 0) is 24.8 Å². The van der Waals surface area contributed by atoms with Crippen molar-refractivity contribution in [1.82, 2.24) is 4.98 Å². The number of nitrogens with zero attached hydrogens (tertiary/aromatic N) is 2. The van der Waals surface area contributed by atoms with Crippen molar-refractivity contribution < 1.29 is 9.53 Å². The van der Waals surface area contributed by atoms with Gasteiger partial charge in [0.25, 0.3) is 0 Å². The second kappa shape index (κ2) is 5.91. The SMILES string of the molecule is CCCC1CCN(c2cc(C(=O)OC)c(N)cn2)C1. The molecule has 2 N–H and O–H groups in total. The maximum atomic E-state index is 11.6. The van der Waals surface area contributed by atoms with Gasteiger partial charge < -0.3 is 15.4 Å². The van der Waals surface area contributed by atoms with E-state index in [-0.39, 0.29) is 0 Å². The fourth-order valence-corrected chi connectivity index (χ4v) is 2.60. The van der Waals surface area contributed by atoms with E-state index >= 15 is 0 Å². The van der Waals surface area contributed by atoms with Crippen LogP contribution >= 0.6 is 0 Å². The Morgan fingerprint density at radius 2 is 2.42 bits per heavy atom. The Hall–Kier alpha value is -1.78. The molecule has 5 heteroatoms. The van der Waals surface area contributed by atoms with Crippen LogP contribution in [-0.2, 0) is 4.74 Å². The zero-order valence-electron chi connectivity index (χ0n) is 11.6. The van der Waals surface area contributed by atoms with Gasteiger partial charge in [-0.2, -0.15) is 0 Å². The van der Waals surface area contributed by atoms with Crippen LogP contribution in [0.5, 0.6) is 0 Å². The molecule has 1 saturated heterocycles. The van der Waals surface area contributed by atoms with Crippen LogP contribution < -0.4 is 10.6 Å². The third-order valence-corrected chi connectivity index (χ3v) is 3.63. The Morgan fingerprint density at radius 1 is 1.63 bits per heavy atom. The summed E-state index contributed by atoms with van der Waals surface area (Å²) in [6, 6.07) is 1.73. The second-order valence-electron chi connectivity index (χ2n) is 5.01. The lowest BCUT2D eigenvalue weighted by atomic mass is 10.0. The molecule has 1 fully saturated rings. The van der Waals surface area contributed by atoms with Crippen LogP contribution in [0.4, 0.5) is 11.5 Å². The first-order valence-corrected chi connectivity index (χ1v) is 6.74. The largest absolute Gasteiger partial charge is 0.465 e. The predicted molar refractivity (Wildman–Crippen MR) is 75.2 cm³/mol. The lowest BCUT2D eigenvalue weighted by molar-refractivity contribution is 0.0602. The molecule has 0 amide bonds. The van der Waals surface area contributed by atoms with Crippen LogP contribution in [0.25, 0.3) is 0 Å². The minimum absolute atomic E-state index is 0.361. The molecule has 1 aromatic heterocycles. The van der Waals surface area contributed by atoms with Gasteiger partial charge in [0.15, 0.2) is 0 Å². The zero-order valence-corrected chi connectivity index (χ0v) is 11.6. The van der Waals surface area contributed by atoms with E-state index in [9.17, 15) is 4.79 Å². The molecule has 0 spiro atoms. The lowest BCUT2D eigenvalue weighted by Gasteiger charge is -2.18. The van der Waals surface area contributed by atoms with Crippen molar-refractivity contribution in [2.24, 2.45) is 5.92 Å². The molecule has 19 heavy (non-hydrogen) atoms. The summed E-state index contributed by atoms with van der Waals surface area (Å²) < 4.78 is 4.73. The van der Waals surface area contributed by atoms with Crippen molar-refractivity contribution in [2.75, 3.05) is 30.8 Å². The molecule has 2 heterocycles. The Kier molecular flexibility index (Phi) is 4.24. The molecule has 0 saturated carbocycles. The first kappa shape index (κ1) is 13.6. The number of carbonyl (C=O) groups is 1. The number of methoxy groups -OCH3 is 1. The summed E-state index contributed by atoms with van der Waals surface area (Å²) in [5, 5.41) is 0. The Morgan fingerprint density at radius 3 is 3.11 bits per heavy atom. The lowest BCUT2D eigenvalue weighted by Crippen LogP contribution is -2.21. The summed E-state index contributed by atoms with van der Waals surface area (Å²) in [6.45, 7) is 4.20. The molecule has 5 nitrogen and oxygen atoms in total. The number of nitrogens with two attached hydrogens (primary N) is 1. The third-order valence-electron chi connectivity index (χ3n) is 3.63. The van der Waals surface area contributed by atoms with E-state index in [4.69, 9.17) is 10.5 Å². The summed E-state index contributed by atoms with van der Waals surface area (Å²) in [7, 11) is 1.36. The summed E-state index contributed by atoms with van der Waals surface area (Å²) in [4.78, 5) is 18.2.